The molecule has 3 aromatic rings. The fourth-order valence-electron chi connectivity index (χ4n) is 3.62. The molecular weight excluding hydrogens is 463 g/mol. The highest BCUT2D eigenvalue weighted by molar-refractivity contribution is 6.30. The summed E-state index contributed by atoms with van der Waals surface area (Å²) in [6.07, 6.45) is 1.93. The number of hydrazone groups is 1. The molecule has 3 N–H and O–H groups in total. The van der Waals surface area contributed by atoms with E-state index in [4.69, 9.17) is 16.0 Å². The van der Waals surface area contributed by atoms with Gasteiger partial charge < -0.3 is 4.42 Å². The van der Waals surface area contributed by atoms with Crippen molar-refractivity contribution < 1.29 is 23.2 Å². The van der Waals surface area contributed by atoms with Crippen LogP contribution in [0, 0.1) is 12.7 Å². The first kappa shape index (κ1) is 23.2. The van der Waals surface area contributed by atoms with E-state index >= 15 is 0 Å². The van der Waals surface area contributed by atoms with Crippen molar-refractivity contribution in [2.24, 2.45) is 5.10 Å². The van der Waals surface area contributed by atoms with Gasteiger partial charge in [-0.05, 0) is 68.3 Å². The first-order chi connectivity index (χ1) is 16.3. The maximum absolute atomic E-state index is 13.0. The second kappa shape index (κ2) is 9.88. The number of benzene rings is 2. The maximum atomic E-state index is 13.0. The Morgan fingerprint density at radius 2 is 1.53 bits per heavy atom. The zero-order valence-electron chi connectivity index (χ0n) is 18.1. The molecule has 0 radical (unpaired) electrons. The van der Waals surface area contributed by atoms with E-state index in [1.165, 1.54) is 12.1 Å². The second-order valence-electron chi connectivity index (χ2n) is 7.63. The molecule has 0 spiro atoms. The molecule has 0 bridgehead atoms. The third-order valence-electron chi connectivity index (χ3n) is 5.33. The minimum Gasteiger partial charge on any atom is -0.455 e. The first-order valence-corrected chi connectivity index (χ1v) is 10.8. The van der Waals surface area contributed by atoms with Crippen LogP contribution in [0.4, 0.5) is 4.39 Å². The highest BCUT2D eigenvalue weighted by Gasteiger charge is 2.28. The van der Waals surface area contributed by atoms with Gasteiger partial charge in [0.25, 0.3) is 11.8 Å². The fourth-order valence-corrected chi connectivity index (χ4v) is 3.75. The van der Waals surface area contributed by atoms with Crippen molar-refractivity contribution in [2.45, 2.75) is 26.2 Å². The highest BCUT2D eigenvalue weighted by Crippen LogP contribution is 2.29. The van der Waals surface area contributed by atoms with Crippen molar-refractivity contribution in [2.75, 3.05) is 0 Å². The molecule has 3 amide bonds. The number of carbonyl (C=O) groups is 3. The lowest BCUT2D eigenvalue weighted by Crippen LogP contribution is -2.41. The number of aryl methyl sites for hydroxylation is 1. The number of hydrazine groups is 1. The largest absolute Gasteiger partial charge is 0.455 e. The number of fused-ring (bicyclic) bond motifs is 1. The first-order valence-electron chi connectivity index (χ1n) is 10.4. The molecule has 1 aromatic heterocycles. The van der Waals surface area contributed by atoms with E-state index in [-0.39, 0.29) is 17.2 Å². The minimum absolute atomic E-state index is 0.0306. The molecule has 34 heavy (non-hydrogen) atoms. The van der Waals surface area contributed by atoms with Crippen molar-refractivity contribution in [3.8, 4) is 0 Å². The van der Waals surface area contributed by atoms with Crippen molar-refractivity contribution in [3.05, 3.63) is 93.1 Å². The van der Waals surface area contributed by atoms with Gasteiger partial charge in [-0.2, -0.15) is 5.10 Å². The van der Waals surface area contributed by atoms with Gasteiger partial charge in [-0.1, -0.05) is 11.6 Å². The predicted molar refractivity (Wildman–Crippen MR) is 123 cm³/mol. The van der Waals surface area contributed by atoms with Gasteiger partial charge in [0.2, 0.25) is 0 Å². The Balaban J connectivity index is 1.47. The molecular formula is C24H20ClFN4O4. The third-order valence-corrected chi connectivity index (χ3v) is 5.58. The van der Waals surface area contributed by atoms with E-state index in [0.29, 0.717) is 46.0 Å². The Morgan fingerprint density at radius 1 is 0.912 bits per heavy atom. The average molecular weight is 483 g/mol. The number of carbonyl (C=O) groups excluding carboxylic acids is 3. The Labute approximate surface area is 199 Å². The normalized spacial score (nSPS) is 13.8. The maximum Gasteiger partial charge on any atom is 0.305 e. The zero-order chi connectivity index (χ0) is 24.2. The van der Waals surface area contributed by atoms with Gasteiger partial charge in [-0.3, -0.25) is 25.2 Å². The third kappa shape index (κ3) is 4.99. The summed E-state index contributed by atoms with van der Waals surface area (Å²) >= 11 is 5.85. The van der Waals surface area contributed by atoms with E-state index < -0.39 is 17.6 Å². The van der Waals surface area contributed by atoms with Crippen LogP contribution in [0.15, 0.2) is 58.0 Å². The van der Waals surface area contributed by atoms with Gasteiger partial charge in [0, 0.05) is 33.7 Å². The predicted octanol–water partition coefficient (Wildman–Crippen LogP) is 3.93. The second-order valence-corrected chi connectivity index (χ2v) is 8.07. The molecule has 0 atom stereocenters. The molecule has 0 fully saturated rings. The summed E-state index contributed by atoms with van der Waals surface area (Å²) in [6, 6.07) is 11.3. The van der Waals surface area contributed by atoms with E-state index in [1.807, 2.05) is 0 Å². The molecule has 174 valence electrons. The van der Waals surface area contributed by atoms with Crippen molar-refractivity contribution in [1.82, 2.24) is 16.3 Å². The number of amides is 3. The zero-order valence-corrected chi connectivity index (χ0v) is 18.8. The summed E-state index contributed by atoms with van der Waals surface area (Å²) in [4.78, 5) is 37.2. The van der Waals surface area contributed by atoms with Gasteiger partial charge in [0.15, 0.2) is 5.76 Å². The van der Waals surface area contributed by atoms with E-state index in [0.717, 1.165) is 18.6 Å². The quantitative estimate of drug-likeness (QED) is 0.489. The van der Waals surface area contributed by atoms with Gasteiger partial charge in [0.1, 0.15) is 11.6 Å². The van der Waals surface area contributed by atoms with Gasteiger partial charge in [0.05, 0.1) is 5.71 Å². The average Bonchev–Trinajstić information content (AvgIpc) is 3.18. The topological polar surface area (TPSA) is 113 Å². The molecule has 1 aliphatic rings. The van der Waals surface area contributed by atoms with Crippen LogP contribution < -0.4 is 16.3 Å². The summed E-state index contributed by atoms with van der Waals surface area (Å²) in [5, 5.41) is 4.79. The van der Waals surface area contributed by atoms with E-state index in [9.17, 15) is 18.8 Å². The smallest absolute Gasteiger partial charge is 0.305 e. The fraction of sp³-hybridized carbons (Fsp3) is 0.167. The molecule has 4 rings (SSSR count). The van der Waals surface area contributed by atoms with Gasteiger partial charge >= 0.3 is 5.91 Å². The lowest BCUT2D eigenvalue weighted by atomic mass is 9.93. The van der Waals surface area contributed by atoms with Gasteiger partial charge in [-0.15, -0.1) is 0 Å². The van der Waals surface area contributed by atoms with Crippen LogP contribution in [0.3, 0.4) is 0 Å². The molecule has 10 heteroatoms. The van der Waals surface area contributed by atoms with Crippen molar-refractivity contribution in [1.29, 1.82) is 0 Å². The van der Waals surface area contributed by atoms with E-state index in [2.05, 4.69) is 21.4 Å². The lowest BCUT2D eigenvalue weighted by Gasteiger charge is -2.13. The molecule has 0 saturated heterocycles. The van der Waals surface area contributed by atoms with Crippen LogP contribution in [0.2, 0.25) is 5.02 Å². The Morgan fingerprint density at radius 3 is 2.24 bits per heavy atom. The number of hydrogen-bond donors (Lipinski definition) is 3. The summed E-state index contributed by atoms with van der Waals surface area (Å²) in [5.41, 5.74) is 9.52. The van der Waals surface area contributed by atoms with Crippen LogP contribution in [0.5, 0.6) is 0 Å². The Bertz CT molecular complexity index is 1280. The SMILES string of the molecule is Cc1c(C(=O)NNC(=O)c2ccc(F)cc2)oc2c1/C(=N/NC(=O)c1ccc(Cl)cc1)CCC2. The number of nitrogens with zero attached hydrogens (tertiary/aromatic N) is 1. The van der Waals surface area contributed by atoms with Crippen molar-refractivity contribution in [3.63, 3.8) is 0 Å². The van der Waals surface area contributed by atoms with Crippen LogP contribution >= 0.6 is 11.6 Å². The van der Waals surface area contributed by atoms with Crippen LogP contribution in [0.25, 0.3) is 0 Å². The van der Waals surface area contributed by atoms with Gasteiger partial charge in [-0.25, -0.2) is 9.82 Å². The molecule has 2 aromatic carbocycles. The van der Waals surface area contributed by atoms with Crippen LogP contribution in [-0.2, 0) is 6.42 Å². The molecule has 8 nitrogen and oxygen atoms in total. The summed E-state index contributed by atoms with van der Waals surface area (Å²) < 4.78 is 18.8. The van der Waals surface area contributed by atoms with E-state index in [1.54, 1.807) is 31.2 Å². The number of hydrogen-bond acceptors (Lipinski definition) is 5. The number of nitrogens with one attached hydrogen (secondary N) is 3. The molecule has 0 aliphatic heterocycles. The number of halogens is 2. The monoisotopic (exact) mass is 482 g/mol. The van der Waals surface area contributed by atoms with Crippen LogP contribution in [0.1, 0.15) is 61.0 Å². The standard InChI is InChI=1S/C24H20ClFN4O4/c1-13-20-18(27-28-22(31)14-5-9-16(25)10-6-14)3-2-4-19(20)34-21(13)24(33)30-29-23(32)15-7-11-17(26)12-8-15/h5-12H,2-4H2,1H3,(H,28,31)(H,29,32)(H,30,33)/b27-18+. The summed E-state index contributed by atoms with van der Waals surface area (Å²) in [6.45, 7) is 1.71. The lowest BCUT2D eigenvalue weighted by molar-refractivity contribution is 0.0829. The van der Waals surface area contributed by atoms with Crippen LogP contribution in [-0.4, -0.2) is 23.4 Å². The Kier molecular flexibility index (Phi) is 6.74. The van der Waals surface area contributed by atoms with Crippen molar-refractivity contribution >= 4 is 35.0 Å². The summed E-state index contributed by atoms with van der Waals surface area (Å²) in [5.74, 6) is -1.50. The molecule has 0 saturated carbocycles. The summed E-state index contributed by atoms with van der Waals surface area (Å²) in [7, 11) is 0. The number of rotatable bonds is 4. The number of furan rings is 1. The minimum atomic E-state index is -0.646. The Hall–Kier alpha value is -3.98. The molecule has 1 heterocycles. The highest BCUT2D eigenvalue weighted by atomic mass is 35.5. The molecule has 1 aliphatic carbocycles. The molecule has 0 unspecified atom stereocenters.